The fourth-order valence-corrected chi connectivity index (χ4v) is 4.07. The molecular formula is C19H22N2O4S. The minimum atomic E-state index is -3.29. The number of carbonyl (C=O) groups excluding carboxylic acids is 1. The predicted octanol–water partition coefficient (Wildman–Crippen LogP) is 2.51. The van der Waals surface area contributed by atoms with Gasteiger partial charge in [0.1, 0.15) is 5.75 Å². The van der Waals surface area contributed by atoms with Crippen LogP contribution in [0.1, 0.15) is 34.5 Å². The summed E-state index contributed by atoms with van der Waals surface area (Å²) in [6.45, 7) is 2.33. The van der Waals surface area contributed by atoms with E-state index in [0.717, 1.165) is 16.9 Å². The molecule has 7 heteroatoms. The molecule has 0 fully saturated rings. The fraction of sp³-hybridized carbons (Fsp3) is 0.316. The lowest BCUT2D eigenvalue weighted by molar-refractivity contribution is 0.0940. The molecule has 26 heavy (non-hydrogen) atoms. The van der Waals surface area contributed by atoms with Crippen molar-refractivity contribution in [3.8, 4) is 5.75 Å². The number of hydrogen-bond donors (Lipinski definition) is 1. The van der Waals surface area contributed by atoms with Gasteiger partial charge in [-0.1, -0.05) is 12.1 Å². The minimum absolute atomic E-state index is 0.158. The molecule has 0 saturated heterocycles. The number of nitrogens with one attached hydrogen (secondary N) is 1. The van der Waals surface area contributed by atoms with E-state index in [0.29, 0.717) is 24.2 Å². The Morgan fingerprint density at radius 3 is 2.50 bits per heavy atom. The molecule has 1 aliphatic heterocycles. The van der Waals surface area contributed by atoms with Crippen LogP contribution in [-0.4, -0.2) is 34.2 Å². The third-order valence-electron chi connectivity index (χ3n) is 4.56. The molecule has 0 saturated carbocycles. The monoisotopic (exact) mass is 374 g/mol. The molecule has 6 nitrogen and oxygen atoms in total. The van der Waals surface area contributed by atoms with E-state index in [1.165, 1.54) is 10.6 Å². The molecule has 0 spiro atoms. The number of rotatable bonds is 5. The second kappa shape index (κ2) is 6.99. The van der Waals surface area contributed by atoms with Gasteiger partial charge in [0, 0.05) is 12.1 Å². The Bertz CT molecular complexity index is 923. The summed E-state index contributed by atoms with van der Waals surface area (Å²) in [4.78, 5) is 12.6. The molecular weight excluding hydrogens is 352 g/mol. The standard InChI is InChI=1S/C19H22N2O4S/c1-13(14-4-7-17(25-2)8-5-14)20-19(22)16-6-9-18-15(12-16)10-11-21(18)26(3,23)24/h4-9,12-13H,10-11H2,1-3H3,(H,20,22). The molecule has 1 aliphatic rings. The SMILES string of the molecule is COc1ccc(C(C)NC(=O)c2ccc3c(c2)CCN3S(C)(=O)=O)cc1. The Morgan fingerprint density at radius 2 is 1.88 bits per heavy atom. The molecule has 0 bridgehead atoms. The number of carbonyl (C=O) groups is 1. The van der Waals surface area contributed by atoms with E-state index < -0.39 is 10.0 Å². The summed E-state index contributed by atoms with van der Waals surface area (Å²) in [5.74, 6) is 0.579. The third-order valence-corrected chi connectivity index (χ3v) is 5.74. The molecule has 1 atom stereocenters. The zero-order valence-electron chi connectivity index (χ0n) is 15.0. The maximum absolute atomic E-state index is 12.6. The van der Waals surface area contributed by atoms with Gasteiger partial charge in [-0.05, 0) is 54.8 Å². The third kappa shape index (κ3) is 3.67. The summed E-state index contributed by atoms with van der Waals surface area (Å²) in [7, 11) is -1.68. The lowest BCUT2D eigenvalue weighted by atomic mass is 10.1. The molecule has 138 valence electrons. The summed E-state index contributed by atoms with van der Waals surface area (Å²) in [6, 6.07) is 12.5. The number of sulfonamides is 1. The first-order valence-corrected chi connectivity index (χ1v) is 10.2. The van der Waals surface area contributed by atoms with Gasteiger partial charge in [-0.3, -0.25) is 9.10 Å². The number of hydrogen-bond acceptors (Lipinski definition) is 4. The van der Waals surface area contributed by atoms with Crippen LogP contribution in [0.4, 0.5) is 5.69 Å². The average Bonchev–Trinajstić information content (AvgIpc) is 3.05. The summed E-state index contributed by atoms with van der Waals surface area (Å²) < 4.78 is 30.1. The van der Waals surface area contributed by atoms with Gasteiger partial charge in [0.05, 0.1) is 25.1 Å². The summed E-state index contributed by atoms with van der Waals surface area (Å²) >= 11 is 0. The maximum Gasteiger partial charge on any atom is 0.251 e. The normalized spacial score (nSPS) is 14.7. The Hall–Kier alpha value is -2.54. The van der Waals surface area contributed by atoms with Crippen molar-refractivity contribution in [3.05, 3.63) is 59.2 Å². The highest BCUT2D eigenvalue weighted by Gasteiger charge is 2.26. The van der Waals surface area contributed by atoms with Gasteiger partial charge < -0.3 is 10.1 Å². The summed E-state index contributed by atoms with van der Waals surface area (Å²) in [6.07, 6.45) is 1.80. The van der Waals surface area contributed by atoms with Gasteiger partial charge in [0.25, 0.3) is 5.91 Å². The first kappa shape index (κ1) is 18.3. The van der Waals surface area contributed by atoms with E-state index in [-0.39, 0.29) is 11.9 Å². The van der Waals surface area contributed by atoms with Crippen molar-refractivity contribution in [1.29, 1.82) is 0 Å². The van der Waals surface area contributed by atoms with Gasteiger partial charge >= 0.3 is 0 Å². The van der Waals surface area contributed by atoms with Crippen LogP contribution in [-0.2, 0) is 16.4 Å². The second-order valence-corrected chi connectivity index (χ2v) is 8.30. The first-order valence-electron chi connectivity index (χ1n) is 8.35. The molecule has 3 rings (SSSR count). The highest BCUT2D eigenvalue weighted by Crippen LogP contribution is 2.30. The zero-order valence-corrected chi connectivity index (χ0v) is 15.8. The predicted molar refractivity (Wildman–Crippen MR) is 101 cm³/mol. The van der Waals surface area contributed by atoms with Crippen LogP contribution >= 0.6 is 0 Å². The smallest absolute Gasteiger partial charge is 0.251 e. The molecule has 1 amide bonds. The molecule has 0 aromatic heterocycles. The van der Waals surface area contributed by atoms with Gasteiger partial charge in [-0.25, -0.2) is 8.42 Å². The highest BCUT2D eigenvalue weighted by molar-refractivity contribution is 7.92. The Balaban J connectivity index is 1.74. The summed E-state index contributed by atoms with van der Waals surface area (Å²) in [5.41, 5.74) is 3.04. The first-order chi connectivity index (χ1) is 12.3. The van der Waals surface area contributed by atoms with E-state index >= 15 is 0 Å². The molecule has 1 unspecified atom stereocenters. The number of nitrogens with zero attached hydrogens (tertiary/aromatic N) is 1. The Morgan fingerprint density at radius 1 is 1.19 bits per heavy atom. The Kier molecular flexibility index (Phi) is 4.91. The topological polar surface area (TPSA) is 75.7 Å². The molecule has 2 aromatic carbocycles. The maximum atomic E-state index is 12.6. The lowest BCUT2D eigenvalue weighted by Crippen LogP contribution is -2.28. The number of methoxy groups -OCH3 is 1. The molecule has 1 heterocycles. The number of amides is 1. The van der Waals surface area contributed by atoms with Crippen molar-refractivity contribution >= 4 is 21.6 Å². The van der Waals surface area contributed by atoms with E-state index in [2.05, 4.69) is 5.32 Å². The van der Waals surface area contributed by atoms with Crippen molar-refractivity contribution in [2.24, 2.45) is 0 Å². The molecule has 0 aliphatic carbocycles. The lowest BCUT2D eigenvalue weighted by Gasteiger charge is -2.17. The van der Waals surface area contributed by atoms with Gasteiger partial charge in [-0.15, -0.1) is 0 Å². The molecule has 0 radical (unpaired) electrons. The second-order valence-electron chi connectivity index (χ2n) is 6.40. The number of fused-ring (bicyclic) bond motifs is 1. The zero-order chi connectivity index (χ0) is 18.9. The van der Waals surface area contributed by atoms with Crippen molar-refractivity contribution in [2.45, 2.75) is 19.4 Å². The average molecular weight is 374 g/mol. The van der Waals surface area contributed by atoms with Crippen LogP contribution in [0, 0.1) is 0 Å². The van der Waals surface area contributed by atoms with Crippen molar-refractivity contribution in [3.63, 3.8) is 0 Å². The van der Waals surface area contributed by atoms with Crippen molar-refractivity contribution in [1.82, 2.24) is 5.32 Å². The van der Waals surface area contributed by atoms with Gasteiger partial charge in [0.2, 0.25) is 10.0 Å². The van der Waals surface area contributed by atoms with Crippen LogP contribution in [0.25, 0.3) is 0 Å². The van der Waals surface area contributed by atoms with Crippen LogP contribution in [0.5, 0.6) is 5.75 Å². The van der Waals surface area contributed by atoms with Gasteiger partial charge in [0.15, 0.2) is 0 Å². The summed E-state index contributed by atoms with van der Waals surface area (Å²) in [5, 5.41) is 2.97. The largest absolute Gasteiger partial charge is 0.497 e. The van der Waals surface area contributed by atoms with E-state index in [4.69, 9.17) is 4.74 Å². The van der Waals surface area contributed by atoms with Crippen LogP contribution in [0.3, 0.4) is 0 Å². The van der Waals surface area contributed by atoms with E-state index in [1.54, 1.807) is 25.3 Å². The van der Waals surface area contributed by atoms with Crippen molar-refractivity contribution < 1.29 is 17.9 Å². The van der Waals surface area contributed by atoms with Crippen molar-refractivity contribution in [2.75, 3.05) is 24.2 Å². The van der Waals surface area contributed by atoms with E-state index in [1.807, 2.05) is 31.2 Å². The highest BCUT2D eigenvalue weighted by atomic mass is 32.2. The number of ether oxygens (including phenoxy) is 1. The van der Waals surface area contributed by atoms with Crippen LogP contribution in [0.2, 0.25) is 0 Å². The van der Waals surface area contributed by atoms with Crippen LogP contribution < -0.4 is 14.4 Å². The quantitative estimate of drug-likeness (QED) is 0.873. The minimum Gasteiger partial charge on any atom is -0.497 e. The molecule has 2 aromatic rings. The Labute approximate surface area is 153 Å². The molecule has 1 N–H and O–H groups in total. The van der Waals surface area contributed by atoms with E-state index in [9.17, 15) is 13.2 Å². The van der Waals surface area contributed by atoms with Gasteiger partial charge in [-0.2, -0.15) is 0 Å². The van der Waals surface area contributed by atoms with Crippen LogP contribution in [0.15, 0.2) is 42.5 Å². The number of benzene rings is 2. The fourth-order valence-electron chi connectivity index (χ4n) is 3.11. The number of anilines is 1.